The van der Waals surface area contributed by atoms with Gasteiger partial charge in [-0.2, -0.15) is 4.98 Å². The highest BCUT2D eigenvalue weighted by Crippen LogP contribution is 2.16. The summed E-state index contributed by atoms with van der Waals surface area (Å²) in [7, 11) is 0. The molecule has 0 saturated heterocycles. The summed E-state index contributed by atoms with van der Waals surface area (Å²) in [6, 6.07) is 8.81. The molecule has 78 valence electrons. The molecule has 0 aliphatic heterocycles. The Hall–Kier alpha value is -1.72. The highest BCUT2D eigenvalue weighted by molar-refractivity contribution is 5.53. The van der Waals surface area contributed by atoms with Crippen LogP contribution in [0.2, 0.25) is 0 Å². The summed E-state index contributed by atoms with van der Waals surface area (Å²) in [5, 5.41) is 12.6. The van der Waals surface area contributed by atoms with Gasteiger partial charge in [0.15, 0.2) is 0 Å². The van der Waals surface area contributed by atoms with Crippen LogP contribution in [0.15, 0.2) is 34.9 Å². The highest BCUT2D eigenvalue weighted by Gasteiger charge is 2.14. The summed E-state index contributed by atoms with van der Waals surface area (Å²) in [4.78, 5) is 4.09. The van der Waals surface area contributed by atoms with E-state index in [1.54, 1.807) is 0 Å². The maximum Gasteiger partial charge on any atom is 0.246 e. The summed E-state index contributed by atoms with van der Waals surface area (Å²) in [5.74, 6) is 0.728. The minimum absolute atomic E-state index is 0.212. The third-order valence-electron chi connectivity index (χ3n) is 1.99. The monoisotopic (exact) mass is 205 g/mol. The fraction of sp³-hybridized carbons (Fsp3) is 0.200. The van der Waals surface area contributed by atoms with Gasteiger partial charge in [-0.1, -0.05) is 35.5 Å². The molecule has 0 bridgehead atoms. The van der Waals surface area contributed by atoms with Crippen molar-refractivity contribution in [2.45, 2.75) is 6.04 Å². The number of hydrogen-bond acceptors (Lipinski definition) is 5. The lowest BCUT2D eigenvalue weighted by Crippen LogP contribution is -2.14. The normalized spacial score (nSPS) is 12.7. The molecule has 15 heavy (non-hydrogen) atoms. The molecule has 5 nitrogen and oxygen atoms in total. The van der Waals surface area contributed by atoms with E-state index in [0.717, 1.165) is 5.56 Å². The van der Waals surface area contributed by atoms with Gasteiger partial charge < -0.3 is 15.4 Å². The predicted molar refractivity (Wildman–Crippen MR) is 53.7 cm³/mol. The molecule has 0 amide bonds. The molecule has 0 aliphatic carbocycles. The molecule has 5 heteroatoms. The second kappa shape index (κ2) is 4.20. The van der Waals surface area contributed by atoms with Crippen molar-refractivity contribution in [3.05, 3.63) is 36.2 Å². The number of rotatable bonds is 3. The fourth-order valence-corrected chi connectivity index (χ4v) is 1.17. The molecule has 1 aromatic heterocycles. The van der Waals surface area contributed by atoms with Crippen molar-refractivity contribution in [3.63, 3.8) is 0 Å². The van der Waals surface area contributed by atoms with Crippen molar-refractivity contribution in [2.75, 3.05) is 6.61 Å². The van der Waals surface area contributed by atoms with Gasteiger partial charge in [0.1, 0.15) is 6.04 Å². The number of nitrogens with zero attached hydrogens (tertiary/aromatic N) is 2. The first kappa shape index (κ1) is 9.82. The van der Waals surface area contributed by atoms with Crippen molar-refractivity contribution in [1.82, 2.24) is 10.1 Å². The zero-order valence-electron chi connectivity index (χ0n) is 8.00. The molecule has 0 radical (unpaired) electrons. The topological polar surface area (TPSA) is 85.2 Å². The first-order chi connectivity index (χ1) is 7.31. The minimum atomic E-state index is -0.616. The van der Waals surface area contributed by atoms with Gasteiger partial charge in [0, 0.05) is 5.56 Å². The first-order valence-electron chi connectivity index (χ1n) is 4.56. The number of aliphatic hydroxyl groups is 1. The minimum Gasteiger partial charge on any atom is -0.394 e. The zero-order valence-corrected chi connectivity index (χ0v) is 8.00. The van der Waals surface area contributed by atoms with Crippen LogP contribution in [-0.4, -0.2) is 21.9 Å². The number of aromatic nitrogens is 2. The van der Waals surface area contributed by atoms with Crippen LogP contribution >= 0.6 is 0 Å². The fourth-order valence-electron chi connectivity index (χ4n) is 1.17. The van der Waals surface area contributed by atoms with Crippen molar-refractivity contribution in [1.29, 1.82) is 0 Å². The molecule has 0 saturated carbocycles. The molecule has 1 atom stereocenters. The Bertz CT molecular complexity index is 427. The van der Waals surface area contributed by atoms with Gasteiger partial charge in [-0.15, -0.1) is 0 Å². The Balaban J connectivity index is 2.28. The van der Waals surface area contributed by atoms with Gasteiger partial charge in [-0.25, -0.2) is 0 Å². The van der Waals surface area contributed by atoms with E-state index in [1.165, 1.54) is 0 Å². The smallest absolute Gasteiger partial charge is 0.246 e. The van der Waals surface area contributed by atoms with Crippen LogP contribution in [-0.2, 0) is 0 Å². The maximum atomic E-state index is 8.82. The maximum absolute atomic E-state index is 8.82. The standard InChI is InChI=1S/C10H11N3O2/c11-8(6-14)10-12-9(13-15-10)7-4-2-1-3-5-7/h1-5,8,14H,6,11H2/t8-/m0/s1. The lowest BCUT2D eigenvalue weighted by Gasteiger charge is -1.98. The van der Waals surface area contributed by atoms with E-state index in [2.05, 4.69) is 10.1 Å². The summed E-state index contributed by atoms with van der Waals surface area (Å²) in [6.07, 6.45) is 0. The van der Waals surface area contributed by atoms with Crippen molar-refractivity contribution in [2.24, 2.45) is 5.73 Å². The first-order valence-corrected chi connectivity index (χ1v) is 4.56. The average Bonchev–Trinajstić information content (AvgIpc) is 2.78. The lowest BCUT2D eigenvalue weighted by atomic mass is 10.2. The van der Waals surface area contributed by atoms with E-state index in [-0.39, 0.29) is 12.5 Å². The second-order valence-electron chi connectivity index (χ2n) is 3.11. The number of aliphatic hydroxyl groups excluding tert-OH is 1. The Morgan fingerprint density at radius 2 is 2.07 bits per heavy atom. The second-order valence-corrected chi connectivity index (χ2v) is 3.11. The molecule has 1 heterocycles. The molecule has 0 spiro atoms. The van der Waals surface area contributed by atoms with Gasteiger partial charge in [0.05, 0.1) is 6.61 Å². The van der Waals surface area contributed by atoms with E-state index < -0.39 is 6.04 Å². The van der Waals surface area contributed by atoms with Crippen LogP contribution in [0.3, 0.4) is 0 Å². The molecular weight excluding hydrogens is 194 g/mol. The van der Waals surface area contributed by atoms with E-state index >= 15 is 0 Å². The molecule has 2 rings (SSSR count). The molecule has 1 aromatic carbocycles. The van der Waals surface area contributed by atoms with E-state index in [1.807, 2.05) is 30.3 Å². The third kappa shape index (κ3) is 2.03. The van der Waals surface area contributed by atoms with Gasteiger partial charge in [0.2, 0.25) is 11.7 Å². The molecule has 2 aromatic rings. The summed E-state index contributed by atoms with van der Waals surface area (Å²) in [5.41, 5.74) is 6.40. The summed E-state index contributed by atoms with van der Waals surface area (Å²) >= 11 is 0. The molecule has 0 unspecified atom stereocenters. The molecule has 3 N–H and O–H groups in total. The zero-order chi connectivity index (χ0) is 10.7. The third-order valence-corrected chi connectivity index (χ3v) is 1.99. The number of nitrogens with two attached hydrogens (primary N) is 1. The van der Waals surface area contributed by atoms with Crippen molar-refractivity contribution in [3.8, 4) is 11.4 Å². The van der Waals surface area contributed by atoms with Gasteiger partial charge in [-0.3, -0.25) is 0 Å². The Morgan fingerprint density at radius 1 is 1.33 bits per heavy atom. The van der Waals surface area contributed by atoms with E-state index in [4.69, 9.17) is 15.4 Å². The van der Waals surface area contributed by atoms with Crippen LogP contribution in [0.5, 0.6) is 0 Å². The summed E-state index contributed by atoms with van der Waals surface area (Å²) in [6.45, 7) is -0.212. The van der Waals surface area contributed by atoms with Crippen molar-refractivity contribution < 1.29 is 9.63 Å². The van der Waals surface area contributed by atoms with E-state index in [9.17, 15) is 0 Å². The van der Waals surface area contributed by atoms with Crippen LogP contribution < -0.4 is 5.73 Å². The average molecular weight is 205 g/mol. The van der Waals surface area contributed by atoms with Gasteiger partial charge in [0.25, 0.3) is 0 Å². The summed E-state index contributed by atoms with van der Waals surface area (Å²) < 4.78 is 4.93. The van der Waals surface area contributed by atoms with Crippen LogP contribution in [0, 0.1) is 0 Å². The largest absolute Gasteiger partial charge is 0.394 e. The van der Waals surface area contributed by atoms with Crippen LogP contribution in [0.25, 0.3) is 11.4 Å². The van der Waals surface area contributed by atoms with Gasteiger partial charge in [-0.05, 0) is 0 Å². The Labute approximate surface area is 86.5 Å². The lowest BCUT2D eigenvalue weighted by molar-refractivity contribution is 0.237. The number of hydrogen-bond donors (Lipinski definition) is 2. The Morgan fingerprint density at radius 3 is 2.73 bits per heavy atom. The Kier molecular flexibility index (Phi) is 2.75. The number of benzene rings is 1. The quantitative estimate of drug-likeness (QED) is 0.771. The van der Waals surface area contributed by atoms with E-state index in [0.29, 0.717) is 5.82 Å². The van der Waals surface area contributed by atoms with Gasteiger partial charge >= 0.3 is 0 Å². The SMILES string of the molecule is N[C@@H](CO)c1nc(-c2ccccc2)no1. The molecule has 0 fully saturated rings. The van der Waals surface area contributed by atoms with Crippen LogP contribution in [0.4, 0.5) is 0 Å². The highest BCUT2D eigenvalue weighted by atomic mass is 16.5. The molecular formula is C10H11N3O2. The van der Waals surface area contributed by atoms with Crippen molar-refractivity contribution >= 4 is 0 Å². The molecule has 0 aliphatic rings. The van der Waals surface area contributed by atoms with Crippen LogP contribution in [0.1, 0.15) is 11.9 Å². The predicted octanol–water partition coefficient (Wildman–Crippen LogP) is 0.729.